The van der Waals surface area contributed by atoms with E-state index in [1.807, 2.05) is 0 Å². The Labute approximate surface area is 97.2 Å². The molecule has 0 saturated carbocycles. The molecule has 0 aliphatic carbocycles. The molecule has 3 aliphatic heterocycles. The molecule has 3 aliphatic rings. The van der Waals surface area contributed by atoms with E-state index in [-0.39, 0.29) is 0 Å². The van der Waals surface area contributed by atoms with Gasteiger partial charge in [-0.1, -0.05) is 6.92 Å². The summed E-state index contributed by atoms with van der Waals surface area (Å²) in [7, 11) is 2.32. The second-order valence-electron chi connectivity index (χ2n) is 5.75. The van der Waals surface area contributed by atoms with E-state index in [9.17, 15) is 0 Å². The lowest BCUT2D eigenvalue weighted by atomic mass is 9.96. The van der Waals surface area contributed by atoms with Gasteiger partial charge in [-0.15, -0.1) is 11.8 Å². The lowest BCUT2D eigenvalue weighted by Gasteiger charge is -2.48. The van der Waals surface area contributed by atoms with Gasteiger partial charge in [-0.05, 0) is 50.9 Å². The first kappa shape index (κ1) is 10.4. The molecule has 2 nitrogen and oxygen atoms in total. The molecule has 0 aromatic rings. The molecule has 3 rings (SSSR count). The Morgan fingerprint density at radius 3 is 2.47 bits per heavy atom. The SMILES string of the molecule is CC1CNC2(CC3CCC(C2)N3C)SC1. The Hall–Kier alpha value is 0.270. The van der Waals surface area contributed by atoms with Gasteiger partial charge in [0.15, 0.2) is 0 Å². The maximum absolute atomic E-state index is 3.84. The fourth-order valence-electron chi connectivity index (χ4n) is 3.46. The zero-order valence-corrected chi connectivity index (χ0v) is 10.6. The van der Waals surface area contributed by atoms with Gasteiger partial charge in [-0.3, -0.25) is 0 Å². The third kappa shape index (κ3) is 1.73. The van der Waals surface area contributed by atoms with Crippen LogP contribution in [0.3, 0.4) is 0 Å². The van der Waals surface area contributed by atoms with E-state index in [0.717, 1.165) is 18.0 Å². The zero-order chi connectivity index (χ0) is 10.5. The van der Waals surface area contributed by atoms with Crippen LogP contribution in [0.2, 0.25) is 0 Å². The summed E-state index contributed by atoms with van der Waals surface area (Å²) in [5.74, 6) is 2.22. The summed E-state index contributed by atoms with van der Waals surface area (Å²) < 4.78 is 0. The fourth-order valence-corrected chi connectivity index (χ4v) is 4.99. The maximum Gasteiger partial charge on any atom is 0.0675 e. The van der Waals surface area contributed by atoms with Gasteiger partial charge in [-0.25, -0.2) is 0 Å². The maximum atomic E-state index is 3.84. The van der Waals surface area contributed by atoms with Gasteiger partial charge < -0.3 is 10.2 Å². The van der Waals surface area contributed by atoms with Crippen molar-refractivity contribution in [3.8, 4) is 0 Å². The van der Waals surface area contributed by atoms with Gasteiger partial charge in [0, 0.05) is 12.1 Å². The van der Waals surface area contributed by atoms with Crippen molar-refractivity contribution < 1.29 is 0 Å². The highest BCUT2D eigenvalue weighted by Gasteiger charge is 2.48. The molecule has 0 amide bonds. The first-order valence-electron chi connectivity index (χ1n) is 6.29. The summed E-state index contributed by atoms with van der Waals surface area (Å²) in [5, 5.41) is 3.84. The minimum absolute atomic E-state index is 0.449. The molecule has 3 heteroatoms. The second-order valence-corrected chi connectivity index (χ2v) is 7.15. The van der Waals surface area contributed by atoms with E-state index in [1.165, 1.54) is 38.0 Å². The standard InChI is InChI=1S/C12H22N2S/c1-9-7-13-12(15-8-9)5-10-3-4-11(6-12)14(10)2/h9-11,13H,3-8H2,1-2H3. The molecule has 3 fully saturated rings. The van der Waals surface area contributed by atoms with Crippen molar-refractivity contribution >= 4 is 11.8 Å². The van der Waals surface area contributed by atoms with E-state index in [4.69, 9.17) is 0 Å². The average Bonchev–Trinajstić information content (AvgIpc) is 2.49. The van der Waals surface area contributed by atoms with Crippen molar-refractivity contribution in [2.75, 3.05) is 19.3 Å². The Balaban J connectivity index is 1.73. The predicted molar refractivity (Wildman–Crippen MR) is 66.2 cm³/mol. The lowest BCUT2D eigenvalue weighted by molar-refractivity contribution is 0.131. The van der Waals surface area contributed by atoms with Crippen molar-refractivity contribution in [1.29, 1.82) is 0 Å². The molecule has 15 heavy (non-hydrogen) atoms. The molecule has 86 valence electrons. The first-order chi connectivity index (χ1) is 7.19. The summed E-state index contributed by atoms with van der Waals surface area (Å²) in [5.41, 5.74) is 0. The molecular formula is C12H22N2S. The fraction of sp³-hybridized carbons (Fsp3) is 1.00. The molecule has 0 aromatic carbocycles. The molecule has 2 bridgehead atoms. The molecule has 1 spiro atoms. The van der Waals surface area contributed by atoms with Gasteiger partial charge in [-0.2, -0.15) is 0 Å². The minimum atomic E-state index is 0.449. The van der Waals surface area contributed by atoms with Crippen LogP contribution in [-0.4, -0.2) is 41.2 Å². The highest BCUT2D eigenvalue weighted by molar-refractivity contribution is 8.00. The van der Waals surface area contributed by atoms with Crippen LogP contribution in [0.25, 0.3) is 0 Å². The number of hydrogen-bond donors (Lipinski definition) is 1. The highest BCUT2D eigenvalue weighted by Crippen LogP contribution is 2.46. The van der Waals surface area contributed by atoms with Gasteiger partial charge in [0.05, 0.1) is 4.87 Å². The number of nitrogens with zero attached hydrogens (tertiary/aromatic N) is 1. The number of hydrogen-bond acceptors (Lipinski definition) is 3. The van der Waals surface area contributed by atoms with E-state index < -0.39 is 0 Å². The van der Waals surface area contributed by atoms with Crippen molar-refractivity contribution in [3.63, 3.8) is 0 Å². The summed E-state index contributed by atoms with van der Waals surface area (Å²) in [4.78, 5) is 3.08. The van der Waals surface area contributed by atoms with Crippen LogP contribution < -0.4 is 5.32 Å². The monoisotopic (exact) mass is 226 g/mol. The normalized spacial score (nSPS) is 51.2. The molecule has 3 saturated heterocycles. The van der Waals surface area contributed by atoms with E-state index >= 15 is 0 Å². The van der Waals surface area contributed by atoms with Crippen LogP contribution >= 0.6 is 11.8 Å². The highest BCUT2D eigenvalue weighted by atomic mass is 32.2. The number of rotatable bonds is 0. The number of piperidine rings is 1. The van der Waals surface area contributed by atoms with Crippen LogP contribution in [-0.2, 0) is 0 Å². The predicted octanol–water partition coefficient (Wildman–Crippen LogP) is 1.91. The third-order valence-electron chi connectivity index (χ3n) is 4.53. The van der Waals surface area contributed by atoms with Gasteiger partial charge in [0.2, 0.25) is 0 Å². The molecule has 1 N–H and O–H groups in total. The average molecular weight is 226 g/mol. The van der Waals surface area contributed by atoms with Crippen LogP contribution in [0.15, 0.2) is 0 Å². The topological polar surface area (TPSA) is 15.3 Å². The molecule has 0 radical (unpaired) electrons. The number of fused-ring (bicyclic) bond motifs is 2. The molecule has 3 heterocycles. The van der Waals surface area contributed by atoms with E-state index in [0.29, 0.717) is 4.87 Å². The smallest absolute Gasteiger partial charge is 0.0675 e. The Morgan fingerprint density at radius 2 is 1.93 bits per heavy atom. The van der Waals surface area contributed by atoms with Crippen LogP contribution in [0.4, 0.5) is 0 Å². The van der Waals surface area contributed by atoms with Gasteiger partial charge in [0.25, 0.3) is 0 Å². The van der Waals surface area contributed by atoms with Crippen molar-refractivity contribution in [3.05, 3.63) is 0 Å². The zero-order valence-electron chi connectivity index (χ0n) is 9.83. The summed E-state index contributed by atoms with van der Waals surface area (Å²) in [6.45, 7) is 3.59. The van der Waals surface area contributed by atoms with Crippen molar-refractivity contribution in [2.24, 2.45) is 5.92 Å². The first-order valence-corrected chi connectivity index (χ1v) is 7.28. The second kappa shape index (κ2) is 3.64. The Kier molecular flexibility index (Phi) is 2.53. The molecule has 3 atom stereocenters. The molecule has 3 unspecified atom stereocenters. The molecule has 0 aromatic heterocycles. The summed E-state index contributed by atoms with van der Waals surface area (Å²) in [6, 6.07) is 1.72. The van der Waals surface area contributed by atoms with Crippen molar-refractivity contribution in [2.45, 2.75) is 49.6 Å². The Morgan fingerprint density at radius 1 is 1.27 bits per heavy atom. The molecular weight excluding hydrogens is 204 g/mol. The van der Waals surface area contributed by atoms with Gasteiger partial charge >= 0.3 is 0 Å². The lowest BCUT2D eigenvalue weighted by Crippen LogP contribution is -2.57. The van der Waals surface area contributed by atoms with Crippen LogP contribution in [0, 0.1) is 5.92 Å². The van der Waals surface area contributed by atoms with Crippen LogP contribution in [0.5, 0.6) is 0 Å². The van der Waals surface area contributed by atoms with E-state index in [2.05, 4.69) is 35.9 Å². The third-order valence-corrected chi connectivity index (χ3v) is 6.30. The minimum Gasteiger partial charge on any atom is -0.302 e. The number of nitrogens with one attached hydrogen (secondary N) is 1. The summed E-state index contributed by atoms with van der Waals surface area (Å²) in [6.07, 6.45) is 5.61. The number of thioether (sulfide) groups is 1. The van der Waals surface area contributed by atoms with Gasteiger partial charge in [0.1, 0.15) is 0 Å². The van der Waals surface area contributed by atoms with Crippen molar-refractivity contribution in [1.82, 2.24) is 10.2 Å². The quantitative estimate of drug-likeness (QED) is 0.679. The Bertz CT molecular complexity index is 232. The largest absolute Gasteiger partial charge is 0.302 e. The summed E-state index contributed by atoms with van der Waals surface area (Å²) >= 11 is 2.21. The van der Waals surface area contributed by atoms with E-state index in [1.54, 1.807) is 0 Å². The van der Waals surface area contributed by atoms with Crippen LogP contribution in [0.1, 0.15) is 32.6 Å².